The number of aromatic nitrogens is 2. The Balaban J connectivity index is 1.71. The Labute approximate surface area is 131 Å². The Bertz CT molecular complexity index is 873. The van der Waals surface area contributed by atoms with Crippen molar-refractivity contribution in [2.75, 3.05) is 11.9 Å². The number of carbonyl (C=O) groups is 1. The molecule has 0 atom stereocenters. The van der Waals surface area contributed by atoms with E-state index in [9.17, 15) is 13.6 Å². The van der Waals surface area contributed by atoms with Crippen LogP contribution in [0.5, 0.6) is 0 Å². The molecule has 3 rings (SSSR count). The molecule has 0 unspecified atom stereocenters. The van der Waals surface area contributed by atoms with Gasteiger partial charge in [0.15, 0.2) is 5.78 Å². The number of anilines is 1. The molecule has 3 aromatic rings. The van der Waals surface area contributed by atoms with Crippen molar-refractivity contribution >= 4 is 22.5 Å². The number of halogens is 2. The zero-order valence-corrected chi connectivity index (χ0v) is 12.5. The molecule has 0 aliphatic carbocycles. The Morgan fingerprint density at radius 1 is 1.26 bits per heavy atom. The number of Topliss-reactive ketones (excluding diaryl/α,β-unsaturated/α-hetero) is 1. The molecule has 0 spiro atoms. The number of benzene rings is 2. The molecule has 6 heteroatoms. The Hall–Kier alpha value is -2.76. The van der Waals surface area contributed by atoms with Crippen LogP contribution in [0.2, 0.25) is 0 Å². The second-order valence-corrected chi connectivity index (χ2v) is 5.24. The van der Waals surface area contributed by atoms with Crippen molar-refractivity contribution < 1.29 is 13.6 Å². The summed E-state index contributed by atoms with van der Waals surface area (Å²) in [6, 6.07) is 8.83. The van der Waals surface area contributed by atoms with Crippen molar-refractivity contribution in [3.63, 3.8) is 0 Å². The number of hydrogen-bond acceptors (Lipinski definition) is 3. The lowest BCUT2D eigenvalue weighted by Gasteiger charge is -2.10. The molecule has 1 aromatic heterocycles. The zero-order chi connectivity index (χ0) is 16.4. The fourth-order valence-corrected chi connectivity index (χ4v) is 2.50. The summed E-state index contributed by atoms with van der Waals surface area (Å²) in [5.41, 5.74) is 1.84. The zero-order valence-electron chi connectivity index (χ0n) is 12.5. The van der Waals surface area contributed by atoms with E-state index >= 15 is 0 Å². The lowest BCUT2D eigenvalue weighted by molar-refractivity contribution is 0.101. The predicted octanol–water partition coefficient (Wildman–Crippen LogP) is 3.70. The number of aromatic amines is 1. The third kappa shape index (κ3) is 3.21. The summed E-state index contributed by atoms with van der Waals surface area (Å²) in [5, 5.41) is 3.04. The first-order valence-corrected chi connectivity index (χ1v) is 7.22. The molecule has 0 bridgehead atoms. The Morgan fingerprint density at radius 2 is 2.09 bits per heavy atom. The van der Waals surface area contributed by atoms with Crippen LogP contribution in [0.15, 0.2) is 36.4 Å². The van der Waals surface area contributed by atoms with Crippen molar-refractivity contribution in [3.8, 4) is 0 Å². The van der Waals surface area contributed by atoms with Crippen LogP contribution in [-0.2, 0) is 6.42 Å². The first-order valence-electron chi connectivity index (χ1n) is 7.22. The molecule has 0 aliphatic rings. The van der Waals surface area contributed by atoms with Crippen LogP contribution in [-0.4, -0.2) is 22.3 Å². The van der Waals surface area contributed by atoms with Crippen molar-refractivity contribution in [3.05, 3.63) is 59.4 Å². The standard InChI is InChI=1S/C17H15F2N3O/c1-10(23)17-12(19)3-2-4-14(17)20-8-7-16-21-13-6-5-11(18)9-15(13)22-16/h2-6,9,20H,7-8H2,1H3,(H,21,22). The van der Waals surface area contributed by atoms with Gasteiger partial charge in [-0.3, -0.25) is 4.79 Å². The van der Waals surface area contributed by atoms with Gasteiger partial charge in [0.05, 0.1) is 16.6 Å². The van der Waals surface area contributed by atoms with E-state index in [0.29, 0.717) is 35.5 Å². The quantitative estimate of drug-likeness (QED) is 0.706. The van der Waals surface area contributed by atoms with Gasteiger partial charge in [-0.25, -0.2) is 13.8 Å². The summed E-state index contributed by atoms with van der Waals surface area (Å²) in [6.07, 6.45) is 0.532. The van der Waals surface area contributed by atoms with Gasteiger partial charge < -0.3 is 10.3 Å². The number of imidazole rings is 1. The van der Waals surface area contributed by atoms with E-state index < -0.39 is 5.82 Å². The van der Waals surface area contributed by atoms with Gasteiger partial charge in [-0.05, 0) is 37.3 Å². The molecule has 0 saturated heterocycles. The van der Waals surface area contributed by atoms with Crippen molar-refractivity contribution in [1.82, 2.24) is 9.97 Å². The van der Waals surface area contributed by atoms with Crippen molar-refractivity contribution in [1.29, 1.82) is 0 Å². The fraction of sp³-hybridized carbons (Fsp3) is 0.176. The lowest BCUT2D eigenvalue weighted by atomic mass is 10.1. The van der Waals surface area contributed by atoms with Crippen LogP contribution in [0.4, 0.5) is 14.5 Å². The molecule has 1 heterocycles. The minimum atomic E-state index is -0.540. The smallest absolute Gasteiger partial charge is 0.164 e. The van der Waals surface area contributed by atoms with Gasteiger partial charge in [-0.2, -0.15) is 0 Å². The number of nitrogens with zero attached hydrogens (tertiary/aromatic N) is 1. The Kier molecular flexibility index (Phi) is 4.06. The highest BCUT2D eigenvalue weighted by molar-refractivity contribution is 5.99. The minimum Gasteiger partial charge on any atom is -0.384 e. The number of rotatable bonds is 5. The average molecular weight is 315 g/mol. The highest BCUT2D eigenvalue weighted by Gasteiger charge is 2.12. The van der Waals surface area contributed by atoms with E-state index in [1.54, 1.807) is 18.2 Å². The maximum absolute atomic E-state index is 13.7. The third-order valence-corrected chi connectivity index (χ3v) is 3.54. The molecule has 0 radical (unpaired) electrons. The van der Waals surface area contributed by atoms with Crippen LogP contribution >= 0.6 is 0 Å². The third-order valence-electron chi connectivity index (χ3n) is 3.54. The molecule has 0 aliphatic heterocycles. The molecular weight excluding hydrogens is 300 g/mol. The van der Waals surface area contributed by atoms with Crippen molar-refractivity contribution in [2.45, 2.75) is 13.3 Å². The van der Waals surface area contributed by atoms with Crippen LogP contribution in [0.1, 0.15) is 23.1 Å². The normalized spacial score (nSPS) is 10.9. The van der Waals surface area contributed by atoms with E-state index in [1.807, 2.05) is 0 Å². The predicted molar refractivity (Wildman–Crippen MR) is 84.6 cm³/mol. The van der Waals surface area contributed by atoms with E-state index in [2.05, 4.69) is 15.3 Å². The SMILES string of the molecule is CC(=O)c1c(F)cccc1NCCc1nc2ccc(F)cc2[nH]1. The van der Waals surface area contributed by atoms with Gasteiger partial charge in [0.1, 0.15) is 17.5 Å². The summed E-state index contributed by atoms with van der Waals surface area (Å²) < 4.78 is 26.9. The lowest BCUT2D eigenvalue weighted by Crippen LogP contribution is -2.10. The topological polar surface area (TPSA) is 57.8 Å². The van der Waals surface area contributed by atoms with E-state index in [-0.39, 0.29) is 17.2 Å². The van der Waals surface area contributed by atoms with Crippen LogP contribution in [0.25, 0.3) is 11.0 Å². The van der Waals surface area contributed by atoms with E-state index in [0.717, 1.165) is 0 Å². The maximum atomic E-state index is 13.7. The first kappa shape index (κ1) is 15.1. The molecule has 4 nitrogen and oxygen atoms in total. The number of H-pyrrole nitrogens is 1. The fourth-order valence-electron chi connectivity index (χ4n) is 2.50. The number of ketones is 1. The molecule has 2 N–H and O–H groups in total. The first-order chi connectivity index (χ1) is 11.0. The van der Waals surface area contributed by atoms with Crippen LogP contribution in [0.3, 0.4) is 0 Å². The molecule has 0 saturated carbocycles. The second kappa shape index (κ2) is 6.16. The van der Waals surface area contributed by atoms with Gasteiger partial charge in [-0.15, -0.1) is 0 Å². The van der Waals surface area contributed by atoms with E-state index in [4.69, 9.17) is 0 Å². The average Bonchev–Trinajstić information content (AvgIpc) is 2.88. The summed E-state index contributed by atoms with van der Waals surface area (Å²) in [7, 11) is 0. The number of hydrogen-bond donors (Lipinski definition) is 2. The van der Waals surface area contributed by atoms with E-state index in [1.165, 1.54) is 25.1 Å². The largest absolute Gasteiger partial charge is 0.384 e. The summed E-state index contributed by atoms with van der Waals surface area (Å²) in [4.78, 5) is 18.9. The molecule has 0 fully saturated rings. The van der Waals surface area contributed by atoms with Gasteiger partial charge in [0, 0.05) is 18.7 Å². The molecule has 0 amide bonds. The molecule has 118 valence electrons. The minimum absolute atomic E-state index is 0.0548. The summed E-state index contributed by atoms with van der Waals surface area (Å²) >= 11 is 0. The number of nitrogens with one attached hydrogen (secondary N) is 2. The van der Waals surface area contributed by atoms with Crippen LogP contribution < -0.4 is 5.32 Å². The summed E-state index contributed by atoms with van der Waals surface area (Å²) in [5.74, 6) is -0.498. The highest BCUT2D eigenvalue weighted by Crippen LogP contribution is 2.20. The summed E-state index contributed by atoms with van der Waals surface area (Å²) in [6.45, 7) is 1.80. The second-order valence-electron chi connectivity index (χ2n) is 5.24. The van der Waals surface area contributed by atoms with Crippen molar-refractivity contribution in [2.24, 2.45) is 0 Å². The highest BCUT2D eigenvalue weighted by atomic mass is 19.1. The number of carbonyl (C=O) groups excluding carboxylic acids is 1. The maximum Gasteiger partial charge on any atom is 0.164 e. The van der Waals surface area contributed by atoms with Gasteiger partial charge in [0.2, 0.25) is 0 Å². The van der Waals surface area contributed by atoms with Gasteiger partial charge >= 0.3 is 0 Å². The van der Waals surface area contributed by atoms with Crippen LogP contribution in [0, 0.1) is 11.6 Å². The Morgan fingerprint density at radius 3 is 2.87 bits per heavy atom. The molecule has 23 heavy (non-hydrogen) atoms. The van der Waals surface area contributed by atoms with Gasteiger partial charge in [0.25, 0.3) is 0 Å². The van der Waals surface area contributed by atoms with Gasteiger partial charge in [-0.1, -0.05) is 6.07 Å². The molecular formula is C17H15F2N3O. The molecule has 2 aromatic carbocycles. The number of fused-ring (bicyclic) bond motifs is 1. The monoisotopic (exact) mass is 315 g/mol.